The summed E-state index contributed by atoms with van der Waals surface area (Å²) in [5, 5.41) is 6.61. The lowest BCUT2D eigenvalue weighted by molar-refractivity contribution is 0.949. The Morgan fingerprint density at radius 3 is 2.59 bits per heavy atom. The van der Waals surface area contributed by atoms with Crippen molar-refractivity contribution >= 4 is 50.3 Å². The van der Waals surface area contributed by atoms with Crippen LogP contribution < -0.4 is 10.2 Å². The lowest BCUT2D eigenvalue weighted by Gasteiger charge is -2.18. The summed E-state index contributed by atoms with van der Waals surface area (Å²) in [4.78, 5) is 11.9. The predicted octanol–water partition coefficient (Wildman–Crippen LogP) is 4.69. The normalized spacial score (nSPS) is 14.7. The number of benzene rings is 1. The van der Waals surface area contributed by atoms with Crippen molar-refractivity contribution in [3.63, 3.8) is 0 Å². The largest absolute Gasteiger partial charge is 0.372 e. The van der Waals surface area contributed by atoms with Gasteiger partial charge in [-0.2, -0.15) is 4.98 Å². The van der Waals surface area contributed by atoms with Gasteiger partial charge in [-0.25, -0.2) is 4.98 Å². The van der Waals surface area contributed by atoms with E-state index in [0.29, 0.717) is 0 Å². The average Bonchev–Trinajstić information content (AvgIpc) is 3.18. The summed E-state index contributed by atoms with van der Waals surface area (Å²) in [7, 11) is 0. The van der Waals surface area contributed by atoms with E-state index in [0.717, 1.165) is 34.8 Å². The molecular weight excluding hydrogens is 316 g/mol. The monoisotopic (exact) mass is 330 g/mol. The van der Waals surface area contributed by atoms with Crippen LogP contribution in [0.2, 0.25) is 5.28 Å². The SMILES string of the molecule is Clc1nc(Nc2ccc(N3CCCC3)cc2)c2ccsc2n1. The smallest absolute Gasteiger partial charge is 0.225 e. The first kappa shape index (κ1) is 13.8. The molecule has 112 valence electrons. The Hall–Kier alpha value is -1.85. The highest BCUT2D eigenvalue weighted by Crippen LogP contribution is 2.29. The van der Waals surface area contributed by atoms with Crippen LogP contribution in [0.3, 0.4) is 0 Å². The second kappa shape index (κ2) is 5.74. The topological polar surface area (TPSA) is 41.1 Å². The van der Waals surface area contributed by atoms with Gasteiger partial charge >= 0.3 is 0 Å². The van der Waals surface area contributed by atoms with Crippen molar-refractivity contribution in [3.8, 4) is 0 Å². The Bertz CT molecular complexity index is 794. The molecule has 2 aromatic heterocycles. The van der Waals surface area contributed by atoms with E-state index in [4.69, 9.17) is 11.6 Å². The second-order valence-electron chi connectivity index (χ2n) is 5.35. The van der Waals surface area contributed by atoms with Gasteiger partial charge in [0, 0.05) is 24.5 Å². The molecule has 1 fully saturated rings. The Labute approximate surface area is 137 Å². The summed E-state index contributed by atoms with van der Waals surface area (Å²) < 4.78 is 0. The highest BCUT2D eigenvalue weighted by atomic mass is 35.5. The van der Waals surface area contributed by atoms with Crippen LogP contribution >= 0.6 is 22.9 Å². The fraction of sp³-hybridized carbons (Fsp3) is 0.250. The minimum absolute atomic E-state index is 0.270. The molecule has 22 heavy (non-hydrogen) atoms. The summed E-state index contributed by atoms with van der Waals surface area (Å²) in [5.74, 6) is 0.755. The minimum Gasteiger partial charge on any atom is -0.372 e. The van der Waals surface area contributed by atoms with E-state index in [1.807, 2.05) is 11.4 Å². The number of hydrogen-bond acceptors (Lipinski definition) is 5. The number of rotatable bonds is 3. The molecule has 0 atom stereocenters. The van der Waals surface area contributed by atoms with Gasteiger partial charge in [0.2, 0.25) is 5.28 Å². The first-order valence-corrected chi connectivity index (χ1v) is 8.58. The number of nitrogens with one attached hydrogen (secondary N) is 1. The molecule has 1 aliphatic heterocycles. The Morgan fingerprint density at radius 2 is 1.82 bits per heavy atom. The third-order valence-corrected chi connectivity index (χ3v) is 4.87. The molecule has 4 nitrogen and oxygen atoms in total. The molecule has 0 bridgehead atoms. The third kappa shape index (κ3) is 2.62. The van der Waals surface area contributed by atoms with Crippen LogP contribution in [0, 0.1) is 0 Å². The summed E-state index contributed by atoms with van der Waals surface area (Å²) in [5.41, 5.74) is 2.29. The van der Waals surface area contributed by atoms with Gasteiger partial charge in [0.25, 0.3) is 0 Å². The molecule has 0 unspecified atom stereocenters. The van der Waals surface area contributed by atoms with Crippen molar-refractivity contribution < 1.29 is 0 Å². The lowest BCUT2D eigenvalue weighted by atomic mass is 10.2. The quantitative estimate of drug-likeness (QED) is 0.707. The highest BCUT2D eigenvalue weighted by molar-refractivity contribution is 7.16. The third-order valence-electron chi connectivity index (χ3n) is 3.90. The number of anilines is 3. The molecule has 0 radical (unpaired) electrons. The number of hydrogen-bond donors (Lipinski definition) is 1. The van der Waals surface area contributed by atoms with Crippen molar-refractivity contribution in [3.05, 3.63) is 41.0 Å². The standard InChI is InChI=1S/C16H15ClN4S/c17-16-19-14(13-7-10-22-15(13)20-16)18-11-3-5-12(6-4-11)21-8-1-2-9-21/h3-7,10H,1-2,8-9H2,(H,18,19,20). The lowest BCUT2D eigenvalue weighted by Crippen LogP contribution is -2.17. The molecule has 3 heterocycles. The van der Waals surface area contributed by atoms with Crippen LogP contribution in [0.1, 0.15) is 12.8 Å². The van der Waals surface area contributed by atoms with Crippen LogP contribution in [0.15, 0.2) is 35.7 Å². The Morgan fingerprint density at radius 1 is 1.05 bits per heavy atom. The molecule has 0 saturated carbocycles. The zero-order valence-electron chi connectivity index (χ0n) is 11.9. The Kier molecular flexibility index (Phi) is 3.60. The molecule has 0 amide bonds. The maximum atomic E-state index is 6.00. The number of aromatic nitrogens is 2. The van der Waals surface area contributed by atoms with E-state index in [9.17, 15) is 0 Å². The average molecular weight is 331 g/mol. The molecule has 0 spiro atoms. The fourth-order valence-electron chi connectivity index (χ4n) is 2.79. The van der Waals surface area contributed by atoms with Crippen LogP contribution in [-0.2, 0) is 0 Å². The fourth-order valence-corrected chi connectivity index (χ4v) is 3.78. The maximum Gasteiger partial charge on any atom is 0.225 e. The molecular formula is C16H15ClN4S. The van der Waals surface area contributed by atoms with Gasteiger partial charge < -0.3 is 10.2 Å². The Balaban J connectivity index is 1.60. The highest BCUT2D eigenvalue weighted by Gasteiger charge is 2.12. The van der Waals surface area contributed by atoms with Gasteiger partial charge in [-0.1, -0.05) is 0 Å². The van der Waals surface area contributed by atoms with Crippen molar-refractivity contribution in [2.45, 2.75) is 12.8 Å². The second-order valence-corrected chi connectivity index (χ2v) is 6.58. The van der Waals surface area contributed by atoms with Crippen LogP contribution in [0.4, 0.5) is 17.2 Å². The molecule has 1 aliphatic rings. The number of halogens is 1. The van der Waals surface area contributed by atoms with Crippen LogP contribution in [0.25, 0.3) is 10.2 Å². The summed E-state index contributed by atoms with van der Waals surface area (Å²) in [6.07, 6.45) is 2.57. The van der Waals surface area contributed by atoms with E-state index >= 15 is 0 Å². The van der Waals surface area contributed by atoms with Gasteiger partial charge in [-0.3, -0.25) is 0 Å². The molecule has 1 aromatic carbocycles. The van der Waals surface area contributed by atoms with E-state index in [2.05, 4.69) is 44.5 Å². The first-order chi connectivity index (χ1) is 10.8. The summed E-state index contributed by atoms with van der Waals surface area (Å²) in [6, 6.07) is 10.5. The summed E-state index contributed by atoms with van der Waals surface area (Å²) in [6.45, 7) is 2.31. The molecule has 6 heteroatoms. The summed E-state index contributed by atoms with van der Waals surface area (Å²) >= 11 is 7.56. The van der Waals surface area contributed by atoms with E-state index < -0.39 is 0 Å². The number of fused-ring (bicyclic) bond motifs is 1. The maximum absolute atomic E-state index is 6.00. The zero-order valence-corrected chi connectivity index (χ0v) is 13.5. The molecule has 1 N–H and O–H groups in total. The van der Waals surface area contributed by atoms with E-state index in [1.165, 1.54) is 18.5 Å². The molecule has 1 saturated heterocycles. The van der Waals surface area contributed by atoms with Crippen LogP contribution in [-0.4, -0.2) is 23.1 Å². The van der Waals surface area contributed by atoms with Gasteiger partial charge in [0.15, 0.2) is 0 Å². The molecule has 4 rings (SSSR count). The van der Waals surface area contributed by atoms with E-state index in [-0.39, 0.29) is 5.28 Å². The van der Waals surface area contributed by atoms with Gasteiger partial charge in [-0.05, 0) is 60.2 Å². The van der Waals surface area contributed by atoms with E-state index in [1.54, 1.807) is 11.3 Å². The minimum atomic E-state index is 0.270. The zero-order chi connectivity index (χ0) is 14.9. The number of thiophene rings is 1. The van der Waals surface area contributed by atoms with Gasteiger partial charge in [0.05, 0.1) is 5.39 Å². The van der Waals surface area contributed by atoms with Crippen molar-refractivity contribution in [1.82, 2.24) is 9.97 Å². The number of nitrogens with zero attached hydrogens (tertiary/aromatic N) is 3. The predicted molar refractivity (Wildman–Crippen MR) is 93.6 cm³/mol. The molecule has 3 aromatic rings. The van der Waals surface area contributed by atoms with Crippen LogP contribution in [0.5, 0.6) is 0 Å². The van der Waals surface area contributed by atoms with Gasteiger partial charge in [-0.15, -0.1) is 11.3 Å². The van der Waals surface area contributed by atoms with Crippen molar-refractivity contribution in [2.75, 3.05) is 23.3 Å². The first-order valence-electron chi connectivity index (χ1n) is 7.32. The molecule has 0 aliphatic carbocycles. The van der Waals surface area contributed by atoms with Gasteiger partial charge in [0.1, 0.15) is 10.6 Å². The van der Waals surface area contributed by atoms with Crippen molar-refractivity contribution in [1.29, 1.82) is 0 Å². The van der Waals surface area contributed by atoms with Crippen molar-refractivity contribution in [2.24, 2.45) is 0 Å².